The number of nitrogens with two attached hydrogens (primary N) is 1. The second-order valence-corrected chi connectivity index (χ2v) is 8.25. The number of hydrogen-bond acceptors (Lipinski definition) is 5. The van der Waals surface area contributed by atoms with E-state index in [4.69, 9.17) is 5.73 Å². The largest absolute Gasteiger partial charge is 0.351 e. The van der Waals surface area contributed by atoms with Crippen LogP contribution in [-0.4, -0.2) is 62.4 Å². The number of amides is 1. The van der Waals surface area contributed by atoms with Gasteiger partial charge in [0, 0.05) is 25.2 Å². The summed E-state index contributed by atoms with van der Waals surface area (Å²) in [5.41, 5.74) is 6.05. The van der Waals surface area contributed by atoms with E-state index >= 15 is 0 Å². The molecule has 0 radical (unpaired) electrons. The van der Waals surface area contributed by atoms with Gasteiger partial charge in [0.25, 0.3) is 0 Å². The van der Waals surface area contributed by atoms with Crippen molar-refractivity contribution in [2.45, 2.75) is 38.3 Å². The Hall–Kier alpha value is -0.660. The van der Waals surface area contributed by atoms with Crippen molar-refractivity contribution in [1.82, 2.24) is 10.2 Å². The van der Waals surface area contributed by atoms with Crippen molar-refractivity contribution >= 4 is 15.7 Å². The Balaban J connectivity index is 1.77. The van der Waals surface area contributed by atoms with E-state index in [1.165, 1.54) is 0 Å². The zero-order valence-electron chi connectivity index (χ0n) is 12.0. The van der Waals surface area contributed by atoms with Crippen molar-refractivity contribution < 1.29 is 13.2 Å². The predicted octanol–water partition coefficient (Wildman–Crippen LogP) is -0.651. The molecule has 2 aliphatic rings. The summed E-state index contributed by atoms with van der Waals surface area (Å²) in [6, 6.07) is 0.0285. The van der Waals surface area contributed by atoms with E-state index in [0.29, 0.717) is 18.9 Å². The van der Waals surface area contributed by atoms with Gasteiger partial charge in [0.2, 0.25) is 5.91 Å². The zero-order chi connectivity index (χ0) is 14.8. The SMILES string of the molecule is CCC1CN(CC(=O)NC2CCS(=O)(=O)C2)CCC1N. The molecule has 20 heavy (non-hydrogen) atoms. The van der Waals surface area contributed by atoms with Gasteiger partial charge in [0.1, 0.15) is 0 Å². The summed E-state index contributed by atoms with van der Waals surface area (Å²) < 4.78 is 22.7. The smallest absolute Gasteiger partial charge is 0.234 e. The highest BCUT2D eigenvalue weighted by atomic mass is 32.2. The molecule has 3 N–H and O–H groups in total. The van der Waals surface area contributed by atoms with Gasteiger partial charge in [-0.15, -0.1) is 0 Å². The molecule has 6 nitrogen and oxygen atoms in total. The number of sulfone groups is 1. The molecule has 0 spiro atoms. The van der Waals surface area contributed by atoms with Crippen LogP contribution in [0.2, 0.25) is 0 Å². The molecule has 0 aromatic rings. The van der Waals surface area contributed by atoms with Crippen molar-refractivity contribution in [2.24, 2.45) is 11.7 Å². The lowest BCUT2D eigenvalue weighted by molar-refractivity contribution is -0.123. The Morgan fingerprint density at radius 3 is 2.75 bits per heavy atom. The number of likely N-dealkylation sites (tertiary alicyclic amines) is 1. The lowest BCUT2D eigenvalue weighted by Crippen LogP contribution is -2.50. The molecule has 2 fully saturated rings. The topological polar surface area (TPSA) is 92.5 Å². The molecule has 0 saturated carbocycles. The van der Waals surface area contributed by atoms with Crippen molar-refractivity contribution in [3.63, 3.8) is 0 Å². The van der Waals surface area contributed by atoms with Gasteiger partial charge in [-0.3, -0.25) is 9.69 Å². The lowest BCUT2D eigenvalue weighted by Gasteiger charge is -2.36. The first-order valence-corrected chi connectivity index (χ1v) is 9.19. The van der Waals surface area contributed by atoms with Gasteiger partial charge in [0.05, 0.1) is 18.1 Å². The Morgan fingerprint density at radius 1 is 1.40 bits per heavy atom. The second-order valence-electron chi connectivity index (χ2n) is 6.02. The highest BCUT2D eigenvalue weighted by Gasteiger charge is 2.30. The van der Waals surface area contributed by atoms with Crippen molar-refractivity contribution in [3.05, 3.63) is 0 Å². The van der Waals surface area contributed by atoms with Crippen LogP contribution in [0.15, 0.2) is 0 Å². The predicted molar refractivity (Wildman–Crippen MR) is 78.0 cm³/mol. The second kappa shape index (κ2) is 6.41. The molecule has 1 amide bonds. The van der Waals surface area contributed by atoms with E-state index < -0.39 is 9.84 Å². The lowest BCUT2D eigenvalue weighted by atomic mass is 9.91. The van der Waals surface area contributed by atoms with Gasteiger partial charge in [-0.05, 0) is 18.8 Å². The van der Waals surface area contributed by atoms with Crippen molar-refractivity contribution in [1.29, 1.82) is 0 Å². The average molecular weight is 303 g/mol. The van der Waals surface area contributed by atoms with Crippen LogP contribution in [0.4, 0.5) is 0 Å². The van der Waals surface area contributed by atoms with Crippen LogP contribution in [-0.2, 0) is 14.6 Å². The van der Waals surface area contributed by atoms with Crippen LogP contribution in [0, 0.1) is 5.92 Å². The maximum absolute atomic E-state index is 12.0. The highest BCUT2D eigenvalue weighted by molar-refractivity contribution is 7.91. The third kappa shape index (κ3) is 4.17. The minimum absolute atomic E-state index is 0.0718. The van der Waals surface area contributed by atoms with E-state index in [1.807, 2.05) is 0 Å². The highest BCUT2D eigenvalue weighted by Crippen LogP contribution is 2.18. The van der Waals surface area contributed by atoms with Gasteiger partial charge in [-0.25, -0.2) is 8.42 Å². The molecular weight excluding hydrogens is 278 g/mol. The molecular formula is C13H25N3O3S. The Kier molecular flexibility index (Phi) is 5.04. The fourth-order valence-corrected chi connectivity index (χ4v) is 4.76. The van der Waals surface area contributed by atoms with Crippen LogP contribution < -0.4 is 11.1 Å². The summed E-state index contributed by atoms with van der Waals surface area (Å²) in [6.45, 7) is 4.17. The first-order valence-electron chi connectivity index (χ1n) is 7.37. The number of hydrogen-bond donors (Lipinski definition) is 2. The Morgan fingerprint density at radius 2 is 2.15 bits per heavy atom. The molecule has 116 valence electrons. The van der Waals surface area contributed by atoms with E-state index in [9.17, 15) is 13.2 Å². The molecule has 3 unspecified atom stereocenters. The van der Waals surface area contributed by atoms with Crippen LogP contribution in [0.1, 0.15) is 26.2 Å². The quantitative estimate of drug-likeness (QED) is 0.720. The first-order chi connectivity index (χ1) is 9.39. The summed E-state index contributed by atoms with van der Waals surface area (Å²) in [5, 5.41) is 2.83. The molecule has 2 rings (SSSR count). The first kappa shape index (κ1) is 15.7. The molecule has 3 atom stereocenters. The number of piperidine rings is 1. The molecule has 7 heteroatoms. The van der Waals surface area contributed by atoms with Crippen LogP contribution in [0.3, 0.4) is 0 Å². The average Bonchev–Trinajstić information content (AvgIpc) is 2.71. The normalized spacial score (nSPS) is 34.0. The fourth-order valence-electron chi connectivity index (χ4n) is 3.09. The molecule has 2 saturated heterocycles. The third-order valence-corrected chi connectivity index (χ3v) is 6.13. The molecule has 2 aliphatic heterocycles. The summed E-state index contributed by atoms with van der Waals surface area (Å²) in [5.74, 6) is 0.649. The monoisotopic (exact) mass is 303 g/mol. The molecule has 0 aliphatic carbocycles. The molecule has 2 heterocycles. The van der Waals surface area contributed by atoms with E-state index in [2.05, 4.69) is 17.1 Å². The van der Waals surface area contributed by atoms with Gasteiger partial charge in [-0.2, -0.15) is 0 Å². The number of rotatable bonds is 4. The fraction of sp³-hybridized carbons (Fsp3) is 0.923. The van der Waals surface area contributed by atoms with Gasteiger partial charge in [0.15, 0.2) is 9.84 Å². The Labute approximate surface area is 121 Å². The Bertz CT molecular complexity index is 452. The number of nitrogens with one attached hydrogen (secondary N) is 1. The van der Waals surface area contributed by atoms with E-state index in [-0.39, 0.29) is 29.5 Å². The minimum atomic E-state index is -2.94. The van der Waals surface area contributed by atoms with Crippen LogP contribution in [0.25, 0.3) is 0 Å². The van der Waals surface area contributed by atoms with E-state index in [1.54, 1.807) is 0 Å². The van der Waals surface area contributed by atoms with Gasteiger partial charge in [-0.1, -0.05) is 13.3 Å². The molecule has 0 aromatic carbocycles. The summed E-state index contributed by atoms with van der Waals surface area (Å²) in [6.07, 6.45) is 2.49. The number of carbonyl (C=O) groups excluding carboxylic acids is 1. The van der Waals surface area contributed by atoms with Gasteiger partial charge < -0.3 is 11.1 Å². The number of carbonyl (C=O) groups is 1. The number of nitrogens with zero attached hydrogens (tertiary/aromatic N) is 1. The maximum atomic E-state index is 12.0. The summed E-state index contributed by atoms with van der Waals surface area (Å²) in [4.78, 5) is 14.1. The van der Waals surface area contributed by atoms with E-state index in [0.717, 1.165) is 25.9 Å². The molecule has 0 aromatic heterocycles. The standard InChI is InChI=1S/C13H25N3O3S/c1-2-10-7-16(5-3-12(10)14)8-13(17)15-11-4-6-20(18,19)9-11/h10-12H,2-9,14H2,1H3,(H,15,17). The minimum Gasteiger partial charge on any atom is -0.351 e. The summed E-state index contributed by atoms with van der Waals surface area (Å²) in [7, 11) is -2.94. The van der Waals surface area contributed by atoms with Crippen LogP contribution >= 0.6 is 0 Å². The third-order valence-electron chi connectivity index (χ3n) is 4.37. The maximum Gasteiger partial charge on any atom is 0.234 e. The molecule has 0 bridgehead atoms. The summed E-state index contributed by atoms with van der Waals surface area (Å²) >= 11 is 0. The zero-order valence-corrected chi connectivity index (χ0v) is 12.9. The van der Waals surface area contributed by atoms with Gasteiger partial charge >= 0.3 is 0 Å². The van der Waals surface area contributed by atoms with Crippen molar-refractivity contribution in [2.75, 3.05) is 31.1 Å². The van der Waals surface area contributed by atoms with Crippen molar-refractivity contribution in [3.8, 4) is 0 Å². The van der Waals surface area contributed by atoms with Crippen LogP contribution in [0.5, 0.6) is 0 Å².